The molecule has 1 saturated heterocycles. The standard InChI is InChI=1S/C23H28FNO/c1-23(2)16-20(13-15-26-23)22(19-8-10-21(24)11-9-19)12-14-25-17-18-6-4-3-5-7-18/h3-11,17,20,22H,12-16H2,1-2H3/t20-,22-/m0/s1. The van der Waals surface area contributed by atoms with Crippen LogP contribution in [0.4, 0.5) is 4.39 Å². The predicted octanol–water partition coefficient (Wildman–Crippen LogP) is 5.62. The zero-order chi connectivity index (χ0) is 18.4. The monoisotopic (exact) mass is 353 g/mol. The van der Waals surface area contributed by atoms with Crippen molar-refractivity contribution in [2.75, 3.05) is 13.2 Å². The van der Waals surface area contributed by atoms with Crippen LogP contribution in [0.25, 0.3) is 0 Å². The molecule has 26 heavy (non-hydrogen) atoms. The Morgan fingerprint density at radius 3 is 2.58 bits per heavy atom. The summed E-state index contributed by atoms with van der Waals surface area (Å²) >= 11 is 0. The molecule has 138 valence electrons. The summed E-state index contributed by atoms with van der Waals surface area (Å²) in [4.78, 5) is 4.63. The highest BCUT2D eigenvalue weighted by Gasteiger charge is 2.33. The third-order valence-corrected chi connectivity index (χ3v) is 5.21. The topological polar surface area (TPSA) is 21.6 Å². The summed E-state index contributed by atoms with van der Waals surface area (Å²) < 4.78 is 19.3. The molecule has 2 aromatic rings. The largest absolute Gasteiger partial charge is 0.376 e. The second kappa shape index (κ2) is 8.59. The molecule has 1 aliphatic heterocycles. The van der Waals surface area contributed by atoms with Crippen LogP contribution >= 0.6 is 0 Å². The summed E-state index contributed by atoms with van der Waals surface area (Å²) in [7, 11) is 0. The van der Waals surface area contributed by atoms with Crippen molar-refractivity contribution in [1.29, 1.82) is 0 Å². The van der Waals surface area contributed by atoms with Gasteiger partial charge in [-0.3, -0.25) is 4.99 Å². The molecule has 0 aliphatic carbocycles. The maximum absolute atomic E-state index is 13.4. The summed E-state index contributed by atoms with van der Waals surface area (Å²) in [5.41, 5.74) is 2.25. The molecule has 0 bridgehead atoms. The molecule has 0 saturated carbocycles. The molecule has 0 N–H and O–H groups in total. The number of hydrogen-bond donors (Lipinski definition) is 0. The second-order valence-electron chi connectivity index (χ2n) is 7.75. The van der Waals surface area contributed by atoms with E-state index in [4.69, 9.17) is 4.74 Å². The molecule has 2 nitrogen and oxygen atoms in total. The van der Waals surface area contributed by atoms with Crippen molar-refractivity contribution in [1.82, 2.24) is 0 Å². The summed E-state index contributed by atoms with van der Waals surface area (Å²) in [6.07, 6.45) is 4.98. The quantitative estimate of drug-likeness (QED) is 0.617. The second-order valence-corrected chi connectivity index (χ2v) is 7.75. The summed E-state index contributed by atoms with van der Waals surface area (Å²) in [5, 5.41) is 0. The first-order valence-electron chi connectivity index (χ1n) is 9.48. The lowest BCUT2D eigenvalue weighted by atomic mass is 9.75. The van der Waals surface area contributed by atoms with E-state index in [0.717, 1.165) is 38.0 Å². The van der Waals surface area contributed by atoms with Gasteiger partial charge in [-0.05, 0) is 68.2 Å². The first kappa shape index (κ1) is 18.8. The Hall–Kier alpha value is -2.00. The van der Waals surface area contributed by atoms with Gasteiger partial charge in [-0.2, -0.15) is 0 Å². The molecule has 0 amide bonds. The normalized spacial score (nSPS) is 21.0. The van der Waals surface area contributed by atoms with Crippen LogP contribution in [0.5, 0.6) is 0 Å². The minimum atomic E-state index is -0.179. The van der Waals surface area contributed by atoms with E-state index in [2.05, 4.69) is 31.0 Å². The van der Waals surface area contributed by atoms with Gasteiger partial charge in [-0.25, -0.2) is 4.39 Å². The van der Waals surface area contributed by atoms with Crippen LogP contribution in [-0.4, -0.2) is 25.0 Å². The SMILES string of the molecule is CC1(C)C[C@@H]([C@@H](CCN=Cc2ccccc2)c2ccc(F)cc2)CCO1. The van der Waals surface area contributed by atoms with Gasteiger partial charge in [0.25, 0.3) is 0 Å². The zero-order valence-electron chi connectivity index (χ0n) is 15.7. The van der Waals surface area contributed by atoms with E-state index < -0.39 is 0 Å². The minimum absolute atomic E-state index is 0.0888. The molecular formula is C23H28FNO. The lowest BCUT2D eigenvalue weighted by molar-refractivity contribution is -0.0771. The van der Waals surface area contributed by atoms with Gasteiger partial charge in [0.05, 0.1) is 5.60 Å². The molecule has 0 radical (unpaired) electrons. The van der Waals surface area contributed by atoms with Crippen LogP contribution in [0, 0.1) is 11.7 Å². The van der Waals surface area contributed by atoms with E-state index in [1.54, 1.807) is 12.1 Å². The highest BCUT2D eigenvalue weighted by molar-refractivity contribution is 5.79. The predicted molar refractivity (Wildman–Crippen MR) is 105 cm³/mol. The zero-order valence-corrected chi connectivity index (χ0v) is 15.7. The Balaban J connectivity index is 1.70. The van der Waals surface area contributed by atoms with E-state index >= 15 is 0 Å². The number of halogens is 1. The molecule has 1 fully saturated rings. The van der Waals surface area contributed by atoms with Crippen LogP contribution in [0.3, 0.4) is 0 Å². The van der Waals surface area contributed by atoms with Crippen LogP contribution in [-0.2, 0) is 4.74 Å². The fraction of sp³-hybridized carbons (Fsp3) is 0.435. The van der Waals surface area contributed by atoms with Crippen molar-refractivity contribution in [3.05, 3.63) is 71.5 Å². The number of rotatable bonds is 6. The maximum Gasteiger partial charge on any atom is 0.123 e. The van der Waals surface area contributed by atoms with E-state index in [9.17, 15) is 4.39 Å². The highest BCUT2D eigenvalue weighted by Crippen LogP contribution is 2.40. The van der Waals surface area contributed by atoms with Crippen molar-refractivity contribution in [3.8, 4) is 0 Å². The molecule has 0 unspecified atom stereocenters. The van der Waals surface area contributed by atoms with Crippen LogP contribution in [0.15, 0.2) is 59.6 Å². The Labute approximate surface area is 156 Å². The minimum Gasteiger partial charge on any atom is -0.376 e. The lowest BCUT2D eigenvalue weighted by Gasteiger charge is -2.39. The third kappa shape index (κ3) is 5.25. The van der Waals surface area contributed by atoms with Gasteiger partial charge in [-0.15, -0.1) is 0 Å². The van der Waals surface area contributed by atoms with Gasteiger partial charge < -0.3 is 4.74 Å². The Kier molecular flexibility index (Phi) is 6.20. The van der Waals surface area contributed by atoms with Gasteiger partial charge >= 0.3 is 0 Å². The fourth-order valence-electron chi connectivity index (χ4n) is 3.93. The lowest BCUT2D eigenvalue weighted by Crippen LogP contribution is -2.36. The van der Waals surface area contributed by atoms with Gasteiger partial charge in [-0.1, -0.05) is 42.5 Å². The maximum atomic E-state index is 13.4. The Bertz CT molecular complexity index is 709. The molecule has 2 atom stereocenters. The molecule has 3 rings (SSSR count). The molecule has 1 heterocycles. The van der Waals surface area contributed by atoms with Gasteiger partial charge in [0, 0.05) is 19.4 Å². The number of ether oxygens (including phenoxy) is 1. The van der Waals surface area contributed by atoms with Crippen molar-refractivity contribution in [3.63, 3.8) is 0 Å². The first-order chi connectivity index (χ1) is 12.5. The Morgan fingerprint density at radius 2 is 1.88 bits per heavy atom. The molecule has 0 aromatic heterocycles. The number of aliphatic imine (C=N–C) groups is 1. The van der Waals surface area contributed by atoms with Crippen molar-refractivity contribution in [2.45, 2.75) is 44.6 Å². The van der Waals surface area contributed by atoms with Crippen molar-refractivity contribution < 1.29 is 9.13 Å². The van der Waals surface area contributed by atoms with E-state index in [1.165, 1.54) is 5.56 Å². The smallest absolute Gasteiger partial charge is 0.123 e. The molecule has 1 aliphatic rings. The fourth-order valence-corrected chi connectivity index (χ4v) is 3.93. The number of hydrogen-bond acceptors (Lipinski definition) is 2. The third-order valence-electron chi connectivity index (χ3n) is 5.21. The number of nitrogens with zero attached hydrogens (tertiary/aromatic N) is 1. The molecule has 0 spiro atoms. The van der Waals surface area contributed by atoms with Crippen molar-refractivity contribution >= 4 is 6.21 Å². The van der Waals surface area contributed by atoms with Gasteiger partial charge in [0.1, 0.15) is 5.82 Å². The number of benzene rings is 2. The summed E-state index contributed by atoms with van der Waals surface area (Å²) in [6.45, 7) is 5.89. The summed E-state index contributed by atoms with van der Waals surface area (Å²) in [5.74, 6) is 0.741. The van der Waals surface area contributed by atoms with E-state index in [-0.39, 0.29) is 11.4 Å². The highest BCUT2D eigenvalue weighted by atomic mass is 19.1. The van der Waals surface area contributed by atoms with Crippen LogP contribution in [0.2, 0.25) is 0 Å². The molecular weight excluding hydrogens is 325 g/mol. The Morgan fingerprint density at radius 1 is 1.15 bits per heavy atom. The first-order valence-corrected chi connectivity index (χ1v) is 9.48. The van der Waals surface area contributed by atoms with Gasteiger partial charge in [0.2, 0.25) is 0 Å². The molecule has 3 heteroatoms. The average Bonchev–Trinajstić information content (AvgIpc) is 2.63. The average molecular weight is 353 g/mol. The summed E-state index contributed by atoms with van der Waals surface area (Å²) in [6, 6.07) is 17.2. The molecule has 2 aromatic carbocycles. The van der Waals surface area contributed by atoms with Gasteiger partial charge in [0.15, 0.2) is 0 Å². The van der Waals surface area contributed by atoms with Crippen LogP contribution in [0.1, 0.15) is 50.2 Å². The van der Waals surface area contributed by atoms with Crippen LogP contribution < -0.4 is 0 Å². The van der Waals surface area contributed by atoms with Crippen molar-refractivity contribution in [2.24, 2.45) is 10.9 Å². The van der Waals surface area contributed by atoms with E-state index in [0.29, 0.717) is 11.8 Å². The van der Waals surface area contributed by atoms with E-state index in [1.807, 2.05) is 36.5 Å².